The molecule has 0 aliphatic heterocycles. The largest absolute Gasteiger partial charge is 0.435 e. The van der Waals surface area contributed by atoms with Gasteiger partial charge in [-0.2, -0.15) is 0 Å². The number of benzene rings is 8. The highest BCUT2D eigenvalue weighted by Crippen LogP contribution is 2.38. The van der Waals surface area contributed by atoms with E-state index in [9.17, 15) is 0 Å². The zero-order valence-electron chi connectivity index (χ0n) is 25.2. The third-order valence-corrected chi connectivity index (χ3v) is 9.33. The predicted molar refractivity (Wildman–Crippen MR) is 193 cm³/mol. The molecule has 0 spiro atoms. The van der Waals surface area contributed by atoms with E-state index in [1.165, 1.54) is 32.3 Å². The molecule has 4 heteroatoms. The van der Waals surface area contributed by atoms with Crippen LogP contribution in [0, 0.1) is 0 Å². The van der Waals surface area contributed by atoms with Crippen LogP contribution in [-0.2, 0) is 0 Å². The van der Waals surface area contributed by atoms with Gasteiger partial charge in [-0.1, -0.05) is 109 Å². The molecule has 0 N–H and O–H groups in total. The van der Waals surface area contributed by atoms with E-state index in [0.29, 0.717) is 11.7 Å². The SMILES string of the molecule is c1ccc(-c2nc3ccc4ccc5ccc(-c6nccc(-c7ccc8c9ccccc9c9ccccc9c8c7)n6)cc5c4c3o2)cc1. The Balaban J connectivity index is 1.13. The van der Waals surface area contributed by atoms with Crippen LogP contribution in [0.5, 0.6) is 0 Å². The normalized spacial score (nSPS) is 11.8. The maximum atomic E-state index is 6.45. The fourth-order valence-corrected chi connectivity index (χ4v) is 7.09. The molecule has 2 aromatic heterocycles. The Bertz CT molecular complexity index is 2820. The van der Waals surface area contributed by atoms with Crippen molar-refractivity contribution in [2.75, 3.05) is 0 Å². The number of hydrogen-bond acceptors (Lipinski definition) is 4. The molecule has 0 aliphatic rings. The Kier molecular flexibility index (Phi) is 5.54. The van der Waals surface area contributed by atoms with Crippen molar-refractivity contribution in [1.82, 2.24) is 15.0 Å². The van der Waals surface area contributed by atoms with Crippen molar-refractivity contribution in [3.05, 3.63) is 152 Å². The molecule has 4 nitrogen and oxygen atoms in total. The molecule has 0 atom stereocenters. The van der Waals surface area contributed by atoms with E-state index in [1.54, 1.807) is 0 Å². The molecule has 218 valence electrons. The van der Waals surface area contributed by atoms with Crippen LogP contribution in [0.4, 0.5) is 0 Å². The highest BCUT2D eigenvalue weighted by molar-refractivity contribution is 6.25. The van der Waals surface area contributed by atoms with Gasteiger partial charge in [-0.05, 0) is 84.9 Å². The van der Waals surface area contributed by atoms with Gasteiger partial charge in [0.15, 0.2) is 11.4 Å². The molecule has 0 saturated carbocycles. The smallest absolute Gasteiger partial charge is 0.227 e. The minimum absolute atomic E-state index is 0.619. The molecule has 0 amide bonds. The summed E-state index contributed by atoms with van der Waals surface area (Å²) in [5.41, 5.74) is 5.47. The summed E-state index contributed by atoms with van der Waals surface area (Å²) in [4.78, 5) is 14.7. The topological polar surface area (TPSA) is 51.8 Å². The standard InChI is InChI=1S/C43H25N3O/c1-2-8-28(9-3-1)43-46-39-21-19-27-16-14-26-15-17-30(25-36(26)40(27)41(39)47-43)42-44-23-22-38(45-42)29-18-20-35-33-12-5-4-10-31(33)32-11-6-7-13-34(32)37(35)24-29/h1-25H. The van der Waals surface area contributed by atoms with Crippen LogP contribution in [0.1, 0.15) is 0 Å². The second kappa shape index (κ2) is 10.1. The first-order valence-electron chi connectivity index (χ1n) is 15.8. The molecule has 8 aromatic carbocycles. The zero-order chi connectivity index (χ0) is 30.9. The van der Waals surface area contributed by atoms with Gasteiger partial charge in [0, 0.05) is 28.3 Å². The first kappa shape index (κ1) is 25.9. The van der Waals surface area contributed by atoms with Crippen LogP contribution in [0.15, 0.2) is 156 Å². The molecule has 10 rings (SSSR count). The summed E-state index contributed by atoms with van der Waals surface area (Å²) >= 11 is 0. The van der Waals surface area contributed by atoms with Gasteiger partial charge in [0.1, 0.15) is 5.52 Å². The number of rotatable bonds is 3. The minimum atomic E-state index is 0.619. The summed E-state index contributed by atoms with van der Waals surface area (Å²) in [5.74, 6) is 1.30. The Morgan fingerprint density at radius 1 is 0.426 bits per heavy atom. The van der Waals surface area contributed by atoms with Crippen molar-refractivity contribution in [3.8, 4) is 34.1 Å². The summed E-state index contributed by atoms with van der Waals surface area (Å²) in [6, 6.07) is 50.9. The Morgan fingerprint density at radius 2 is 1.04 bits per heavy atom. The van der Waals surface area contributed by atoms with E-state index in [2.05, 4.69) is 103 Å². The van der Waals surface area contributed by atoms with E-state index in [-0.39, 0.29) is 0 Å². The van der Waals surface area contributed by atoms with Crippen molar-refractivity contribution in [2.45, 2.75) is 0 Å². The second-order valence-electron chi connectivity index (χ2n) is 12.0. The number of hydrogen-bond donors (Lipinski definition) is 0. The van der Waals surface area contributed by atoms with Crippen LogP contribution >= 0.6 is 0 Å². The number of nitrogens with zero attached hydrogens (tertiary/aromatic N) is 3. The van der Waals surface area contributed by atoms with E-state index in [1.807, 2.05) is 48.7 Å². The lowest BCUT2D eigenvalue weighted by molar-refractivity contribution is 0.623. The molecule has 0 fully saturated rings. The van der Waals surface area contributed by atoms with Crippen molar-refractivity contribution in [2.24, 2.45) is 0 Å². The fraction of sp³-hybridized carbons (Fsp3) is 0. The van der Waals surface area contributed by atoms with Gasteiger partial charge in [0.2, 0.25) is 5.89 Å². The van der Waals surface area contributed by atoms with Gasteiger partial charge in [-0.25, -0.2) is 15.0 Å². The van der Waals surface area contributed by atoms with Gasteiger partial charge in [-0.15, -0.1) is 0 Å². The van der Waals surface area contributed by atoms with E-state index >= 15 is 0 Å². The van der Waals surface area contributed by atoms with Gasteiger partial charge >= 0.3 is 0 Å². The van der Waals surface area contributed by atoms with Gasteiger partial charge in [0.05, 0.1) is 5.69 Å². The van der Waals surface area contributed by atoms with Crippen LogP contribution in [0.2, 0.25) is 0 Å². The second-order valence-corrected chi connectivity index (χ2v) is 12.0. The molecule has 2 heterocycles. The monoisotopic (exact) mass is 599 g/mol. The lowest BCUT2D eigenvalue weighted by Gasteiger charge is -2.12. The number of aromatic nitrogens is 3. The Labute approximate surface area is 269 Å². The van der Waals surface area contributed by atoms with Crippen molar-refractivity contribution < 1.29 is 4.42 Å². The zero-order valence-corrected chi connectivity index (χ0v) is 25.2. The molecule has 0 unspecified atom stereocenters. The molecule has 0 radical (unpaired) electrons. The molecule has 0 aliphatic carbocycles. The summed E-state index contributed by atoms with van der Waals surface area (Å²) < 4.78 is 6.45. The van der Waals surface area contributed by atoms with Crippen molar-refractivity contribution in [1.29, 1.82) is 0 Å². The first-order chi connectivity index (χ1) is 23.3. The van der Waals surface area contributed by atoms with Crippen molar-refractivity contribution in [3.63, 3.8) is 0 Å². The predicted octanol–water partition coefficient (Wildman–Crippen LogP) is 11.4. The highest BCUT2D eigenvalue weighted by Gasteiger charge is 2.15. The molecule has 10 aromatic rings. The maximum Gasteiger partial charge on any atom is 0.227 e. The van der Waals surface area contributed by atoms with E-state index in [4.69, 9.17) is 19.4 Å². The van der Waals surface area contributed by atoms with Crippen LogP contribution < -0.4 is 0 Å². The summed E-state index contributed by atoms with van der Waals surface area (Å²) in [7, 11) is 0. The van der Waals surface area contributed by atoms with E-state index < -0.39 is 0 Å². The van der Waals surface area contributed by atoms with Gasteiger partial charge in [0.25, 0.3) is 0 Å². The third kappa shape index (κ3) is 4.05. The van der Waals surface area contributed by atoms with Gasteiger partial charge in [-0.3, -0.25) is 0 Å². The third-order valence-electron chi connectivity index (χ3n) is 9.33. The molecular weight excluding hydrogens is 574 g/mol. The molecule has 0 bridgehead atoms. The Hall–Kier alpha value is -6.39. The highest BCUT2D eigenvalue weighted by atomic mass is 16.3. The van der Waals surface area contributed by atoms with Gasteiger partial charge < -0.3 is 4.42 Å². The van der Waals surface area contributed by atoms with Crippen molar-refractivity contribution >= 4 is 65.0 Å². The summed E-state index contributed by atoms with van der Waals surface area (Å²) in [6.45, 7) is 0. The summed E-state index contributed by atoms with van der Waals surface area (Å²) in [5, 5.41) is 11.9. The fourth-order valence-electron chi connectivity index (χ4n) is 7.09. The number of fused-ring (bicyclic) bond motifs is 11. The average molecular weight is 600 g/mol. The molecule has 47 heavy (non-hydrogen) atoms. The Morgan fingerprint density at radius 3 is 1.83 bits per heavy atom. The number of oxazole rings is 1. The quantitative estimate of drug-likeness (QED) is 0.190. The van der Waals surface area contributed by atoms with Crippen LogP contribution in [-0.4, -0.2) is 15.0 Å². The van der Waals surface area contributed by atoms with Crippen LogP contribution in [0.25, 0.3) is 99.1 Å². The average Bonchev–Trinajstić information content (AvgIpc) is 3.60. The van der Waals surface area contributed by atoms with Crippen LogP contribution in [0.3, 0.4) is 0 Å². The first-order valence-corrected chi connectivity index (χ1v) is 15.8. The maximum absolute atomic E-state index is 6.45. The lowest BCUT2D eigenvalue weighted by atomic mass is 9.93. The molecule has 0 saturated heterocycles. The molecular formula is C43H25N3O. The lowest BCUT2D eigenvalue weighted by Crippen LogP contribution is -1.92. The summed E-state index contributed by atoms with van der Waals surface area (Å²) in [6.07, 6.45) is 1.86. The minimum Gasteiger partial charge on any atom is -0.435 e. The van der Waals surface area contributed by atoms with E-state index in [0.717, 1.165) is 55.0 Å².